The van der Waals surface area contributed by atoms with Crippen LogP contribution in [0.4, 0.5) is 10.5 Å². The molecule has 2 aliphatic rings. The standard InChI is InChI=1S/C17H24N4O2/c18-11-13-3-1-2-4-15(13)20-16(22)12-5-7-14(8-6-12)21-10-9-19-17(21)23/h5-8,13,15H,1-4,9-11,18H2,(H,19,23)(H,20,22). The SMILES string of the molecule is NCC1CCCCC1NC(=O)c1ccc(N2CCNC2=O)cc1. The van der Waals surface area contributed by atoms with Crippen molar-refractivity contribution in [3.05, 3.63) is 29.8 Å². The predicted molar refractivity (Wildman–Crippen MR) is 89.5 cm³/mol. The van der Waals surface area contributed by atoms with Crippen LogP contribution in [-0.4, -0.2) is 37.6 Å². The van der Waals surface area contributed by atoms with E-state index in [0.29, 0.717) is 31.1 Å². The molecule has 2 fully saturated rings. The van der Waals surface area contributed by atoms with E-state index in [0.717, 1.165) is 24.9 Å². The molecule has 2 atom stereocenters. The fourth-order valence-electron chi connectivity index (χ4n) is 3.44. The van der Waals surface area contributed by atoms with Gasteiger partial charge in [0.15, 0.2) is 0 Å². The number of nitrogens with one attached hydrogen (secondary N) is 2. The van der Waals surface area contributed by atoms with Crippen molar-refractivity contribution in [2.45, 2.75) is 31.7 Å². The summed E-state index contributed by atoms with van der Waals surface area (Å²) in [5.74, 6) is 0.313. The largest absolute Gasteiger partial charge is 0.349 e. The number of hydrogen-bond acceptors (Lipinski definition) is 3. The van der Waals surface area contributed by atoms with Crippen LogP contribution in [0, 0.1) is 5.92 Å². The molecule has 1 heterocycles. The molecule has 0 aromatic heterocycles. The normalized spacial score (nSPS) is 24.4. The van der Waals surface area contributed by atoms with Crippen molar-refractivity contribution in [2.24, 2.45) is 11.7 Å². The lowest BCUT2D eigenvalue weighted by Gasteiger charge is -2.31. The smallest absolute Gasteiger partial charge is 0.321 e. The molecule has 2 unspecified atom stereocenters. The van der Waals surface area contributed by atoms with Crippen molar-refractivity contribution in [1.82, 2.24) is 10.6 Å². The first-order valence-corrected chi connectivity index (χ1v) is 8.35. The van der Waals surface area contributed by atoms with Gasteiger partial charge < -0.3 is 16.4 Å². The second kappa shape index (κ2) is 7.00. The molecule has 1 saturated carbocycles. The topological polar surface area (TPSA) is 87.5 Å². The average molecular weight is 316 g/mol. The Morgan fingerprint density at radius 1 is 1.26 bits per heavy atom. The van der Waals surface area contributed by atoms with E-state index >= 15 is 0 Å². The monoisotopic (exact) mass is 316 g/mol. The fraction of sp³-hybridized carbons (Fsp3) is 0.529. The third-order valence-corrected chi connectivity index (χ3v) is 4.83. The zero-order chi connectivity index (χ0) is 16.2. The number of nitrogens with zero attached hydrogens (tertiary/aromatic N) is 1. The molecule has 1 aliphatic carbocycles. The maximum Gasteiger partial charge on any atom is 0.321 e. The fourth-order valence-corrected chi connectivity index (χ4v) is 3.44. The van der Waals surface area contributed by atoms with E-state index in [9.17, 15) is 9.59 Å². The summed E-state index contributed by atoms with van der Waals surface area (Å²) >= 11 is 0. The van der Waals surface area contributed by atoms with E-state index in [1.54, 1.807) is 17.0 Å². The Labute approximate surface area is 136 Å². The first-order valence-electron chi connectivity index (χ1n) is 8.35. The lowest BCUT2D eigenvalue weighted by Crippen LogP contribution is -2.44. The zero-order valence-corrected chi connectivity index (χ0v) is 13.3. The van der Waals surface area contributed by atoms with Gasteiger partial charge in [-0.1, -0.05) is 12.8 Å². The summed E-state index contributed by atoms with van der Waals surface area (Å²) < 4.78 is 0. The van der Waals surface area contributed by atoms with Crippen molar-refractivity contribution in [3.8, 4) is 0 Å². The molecule has 3 rings (SSSR count). The van der Waals surface area contributed by atoms with Crippen LogP contribution in [0.5, 0.6) is 0 Å². The molecule has 0 spiro atoms. The quantitative estimate of drug-likeness (QED) is 0.786. The lowest BCUT2D eigenvalue weighted by molar-refractivity contribution is 0.0908. The number of carbonyl (C=O) groups is 2. The Balaban J connectivity index is 1.64. The van der Waals surface area contributed by atoms with Gasteiger partial charge >= 0.3 is 6.03 Å². The first kappa shape index (κ1) is 15.8. The second-order valence-corrected chi connectivity index (χ2v) is 6.29. The summed E-state index contributed by atoms with van der Waals surface area (Å²) in [4.78, 5) is 25.7. The van der Waals surface area contributed by atoms with Gasteiger partial charge in [-0.15, -0.1) is 0 Å². The van der Waals surface area contributed by atoms with Crippen molar-refractivity contribution < 1.29 is 9.59 Å². The Bertz CT molecular complexity index is 572. The highest BCUT2D eigenvalue weighted by Crippen LogP contribution is 2.24. The third-order valence-electron chi connectivity index (χ3n) is 4.83. The molecule has 6 nitrogen and oxygen atoms in total. The maximum absolute atomic E-state index is 12.4. The van der Waals surface area contributed by atoms with E-state index in [1.807, 2.05) is 12.1 Å². The van der Waals surface area contributed by atoms with E-state index < -0.39 is 0 Å². The number of hydrogen-bond donors (Lipinski definition) is 3. The summed E-state index contributed by atoms with van der Waals surface area (Å²) in [5.41, 5.74) is 7.25. The molecule has 0 radical (unpaired) electrons. The van der Waals surface area contributed by atoms with E-state index in [1.165, 1.54) is 6.42 Å². The Morgan fingerprint density at radius 3 is 2.65 bits per heavy atom. The Morgan fingerprint density at radius 2 is 2.00 bits per heavy atom. The van der Waals surface area contributed by atoms with E-state index in [2.05, 4.69) is 10.6 Å². The van der Waals surface area contributed by atoms with Crippen LogP contribution in [-0.2, 0) is 0 Å². The molecule has 23 heavy (non-hydrogen) atoms. The lowest BCUT2D eigenvalue weighted by atomic mass is 9.84. The van der Waals surface area contributed by atoms with Gasteiger partial charge in [-0.25, -0.2) is 4.79 Å². The van der Waals surface area contributed by atoms with Crippen LogP contribution in [0.15, 0.2) is 24.3 Å². The van der Waals surface area contributed by atoms with Crippen LogP contribution in [0.3, 0.4) is 0 Å². The summed E-state index contributed by atoms with van der Waals surface area (Å²) in [7, 11) is 0. The number of benzene rings is 1. The molecule has 0 bridgehead atoms. The molecule has 1 aromatic rings. The predicted octanol–water partition coefficient (Wildman–Crippen LogP) is 1.46. The molecule has 1 aromatic carbocycles. The summed E-state index contributed by atoms with van der Waals surface area (Å²) in [5, 5.41) is 5.89. The molecular formula is C17H24N4O2. The van der Waals surface area contributed by atoms with Crippen molar-refractivity contribution in [2.75, 3.05) is 24.5 Å². The summed E-state index contributed by atoms with van der Waals surface area (Å²) in [6.45, 7) is 1.93. The minimum Gasteiger partial charge on any atom is -0.349 e. The van der Waals surface area contributed by atoms with Gasteiger partial charge in [0.2, 0.25) is 0 Å². The molecule has 3 amide bonds. The highest BCUT2D eigenvalue weighted by molar-refractivity contribution is 5.97. The number of anilines is 1. The van der Waals surface area contributed by atoms with Crippen molar-refractivity contribution >= 4 is 17.6 Å². The molecule has 6 heteroatoms. The molecule has 1 saturated heterocycles. The number of nitrogens with two attached hydrogens (primary N) is 1. The Hall–Kier alpha value is -2.08. The summed E-state index contributed by atoms with van der Waals surface area (Å²) in [6, 6.07) is 7.27. The Kier molecular flexibility index (Phi) is 4.81. The molecular weight excluding hydrogens is 292 g/mol. The maximum atomic E-state index is 12.4. The zero-order valence-electron chi connectivity index (χ0n) is 13.3. The van der Waals surface area contributed by atoms with Crippen LogP contribution < -0.4 is 21.3 Å². The minimum atomic E-state index is -0.0878. The number of carbonyl (C=O) groups excluding carboxylic acids is 2. The molecule has 124 valence electrons. The van der Waals surface area contributed by atoms with Crippen LogP contribution in [0.1, 0.15) is 36.0 Å². The highest BCUT2D eigenvalue weighted by atomic mass is 16.2. The third kappa shape index (κ3) is 3.47. The van der Waals surface area contributed by atoms with Crippen molar-refractivity contribution in [1.29, 1.82) is 0 Å². The van der Waals surface area contributed by atoms with Gasteiger partial charge in [-0.3, -0.25) is 9.69 Å². The van der Waals surface area contributed by atoms with Gasteiger partial charge in [-0.2, -0.15) is 0 Å². The number of rotatable bonds is 4. The van der Waals surface area contributed by atoms with E-state index in [4.69, 9.17) is 5.73 Å². The summed E-state index contributed by atoms with van der Waals surface area (Å²) in [6.07, 6.45) is 4.43. The first-order chi connectivity index (χ1) is 11.2. The van der Waals surface area contributed by atoms with E-state index in [-0.39, 0.29) is 18.0 Å². The van der Waals surface area contributed by atoms with Gasteiger partial charge in [0.05, 0.1) is 0 Å². The van der Waals surface area contributed by atoms with Gasteiger partial charge in [0.25, 0.3) is 5.91 Å². The van der Waals surface area contributed by atoms with Crippen LogP contribution in [0.25, 0.3) is 0 Å². The highest BCUT2D eigenvalue weighted by Gasteiger charge is 2.26. The van der Waals surface area contributed by atoms with Crippen molar-refractivity contribution in [3.63, 3.8) is 0 Å². The van der Waals surface area contributed by atoms with Gasteiger partial charge in [0.1, 0.15) is 0 Å². The van der Waals surface area contributed by atoms with Gasteiger partial charge in [0, 0.05) is 30.4 Å². The van der Waals surface area contributed by atoms with Crippen LogP contribution in [0.2, 0.25) is 0 Å². The number of amides is 3. The molecule has 1 aliphatic heterocycles. The minimum absolute atomic E-state index is 0.0622. The second-order valence-electron chi connectivity index (χ2n) is 6.29. The number of urea groups is 1. The molecule has 4 N–H and O–H groups in total. The van der Waals surface area contributed by atoms with Crippen LogP contribution >= 0.6 is 0 Å². The van der Waals surface area contributed by atoms with Gasteiger partial charge in [-0.05, 0) is 49.6 Å². The average Bonchev–Trinajstić information content (AvgIpc) is 3.01.